The highest BCUT2D eigenvalue weighted by atomic mass is 32.2. The van der Waals surface area contributed by atoms with E-state index in [1.54, 1.807) is 13.3 Å². The van der Waals surface area contributed by atoms with Gasteiger partial charge in [-0.2, -0.15) is 9.78 Å². The number of benzene rings is 1. The fourth-order valence-corrected chi connectivity index (χ4v) is 2.21. The molecule has 116 valence electrons. The summed E-state index contributed by atoms with van der Waals surface area (Å²) in [5.41, 5.74) is 1.03. The smallest absolute Gasteiger partial charge is 0.297 e. The highest BCUT2D eigenvalue weighted by Gasteiger charge is 2.13. The molecule has 0 aliphatic rings. The summed E-state index contributed by atoms with van der Waals surface area (Å²) in [4.78, 5) is 12.4. The Hall–Kier alpha value is -2.15. The molecule has 0 unspecified atom stereocenters. The maximum Gasteiger partial charge on any atom is 0.297 e. The fraction of sp³-hybridized carbons (Fsp3) is 0.333. The Morgan fingerprint density at radius 1 is 1.27 bits per heavy atom. The maximum atomic E-state index is 12.4. The molecule has 7 heteroatoms. The van der Waals surface area contributed by atoms with E-state index < -0.39 is 0 Å². The minimum Gasteiger partial charge on any atom is -0.497 e. The lowest BCUT2D eigenvalue weighted by Gasteiger charge is -2.07. The lowest BCUT2D eigenvalue weighted by molar-refractivity contribution is 0.415. The standard InChI is InChI=1S/C15H18N4O2S/c1-10(2)13-14(20)19(15(22-4)18-17-13)16-9-11-5-7-12(21-3)8-6-11/h5-10H,1-4H3. The molecule has 0 saturated carbocycles. The first kappa shape index (κ1) is 16.2. The van der Waals surface area contributed by atoms with Gasteiger partial charge in [0.05, 0.1) is 13.3 Å². The van der Waals surface area contributed by atoms with Gasteiger partial charge in [-0.05, 0) is 36.1 Å². The average Bonchev–Trinajstić information content (AvgIpc) is 2.53. The van der Waals surface area contributed by atoms with Crippen LogP contribution in [0.15, 0.2) is 39.3 Å². The lowest BCUT2D eigenvalue weighted by Crippen LogP contribution is -2.26. The summed E-state index contributed by atoms with van der Waals surface area (Å²) < 4.78 is 6.40. The number of thioether (sulfide) groups is 1. The van der Waals surface area contributed by atoms with E-state index in [1.807, 2.05) is 44.4 Å². The van der Waals surface area contributed by atoms with Crippen LogP contribution in [0.4, 0.5) is 0 Å². The molecular formula is C15H18N4O2S. The summed E-state index contributed by atoms with van der Waals surface area (Å²) in [7, 11) is 1.61. The molecule has 0 radical (unpaired) electrons. The second-order valence-electron chi connectivity index (χ2n) is 4.86. The summed E-state index contributed by atoms with van der Waals surface area (Å²) >= 11 is 1.33. The number of hydrogen-bond acceptors (Lipinski definition) is 6. The van der Waals surface area contributed by atoms with Gasteiger partial charge in [0.2, 0.25) is 5.16 Å². The highest BCUT2D eigenvalue weighted by molar-refractivity contribution is 7.98. The van der Waals surface area contributed by atoms with Crippen LogP contribution in [-0.4, -0.2) is 34.5 Å². The number of methoxy groups -OCH3 is 1. The Labute approximate surface area is 133 Å². The van der Waals surface area contributed by atoms with Gasteiger partial charge >= 0.3 is 0 Å². The molecule has 2 rings (SSSR count). The predicted molar refractivity (Wildman–Crippen MR) is 88.1 cm³/mol. The third kappa shape index (κ3) is 3.54. The van der Waals surface area contributed by atoms with Gasteiger partial charge in [-0.25, -0.2) is 0 Å². The third-order valence-corrected chi connectivity index (χ3v) is 3.62. The van der Waals surface area contributed by atoms with Crippen molar-refractivity contribution in [2.45, 2.75) is 24.9 Å². The molecule has 0 fully saturated rings. The van der Waals surface area contributed by atoms with E-state index in [0.29, 0.717) is 10.9 Å². The van der Waals surface area contributed by atoms with Crippen LogP contribution < -0.4 is 10.3 Å². The Morgan fingerprint density at radius 3 is 2.50 bits per heavy atom. The molecule has 0 saturated heterocycles. The summed E-state index contributed by atoms with van der Waals surface area (Å²) in [6.45, 7) is 3.81. The van der Waals surface area contributed by atoms with Crippen LogP contribution in [-0.2, 0) is 0 Å². The minimum absolute atomic E-state index is 0.00153. The first-order valence-corrected chi connectivity index (χ1v) is 8.01. The van der Waals surface area contributed by atoms with Gasteiger partial charge in [0.15, 0.2) is 0 Å². The Balaban J connectivity index is 2.40. The summed E-state index contributed by atoms with van der Waals surface area (Å²) in [6, 6.07) is 7.40. The predicted octanol–water partition coefficient (Wildman–Crippen LogP) is 2.37. The van der Waals surface area contributed by atoms with E-state index >= 15 is 0 Å². The molecule has 1 aromatic heterocycles. The molecule has 1 aromatic carbocycles. The number of nitrogens with zero attached hydrogens (tertiary/aromatic N) is 4. The lowest BCUT2D eigenvalue weighted by atomic mass is 10.1. The molecule has 6 nitrogen and oxygen atoms in total. The van der Waals surface area contributed by atoms with E-state index in [4.69, 9.17) is 4.74 Å². The molecule has 0 bridgehead atoms. The minimum atomic E-state index is -0.237. The normalized spacial score (nSPS) is 11.3. The third-order valence-electron chi connectivity index (χ3n) is 3.00. The van der Waals surface area contributed by atoms with Gasteiger partial charge in [0.25, 0.3) is 5.56 Å². The number of aromatic nitrogens is 3. The summed E-state index contributed by atoms with van der Waals surface area (Å²) in [6.07, 6.45) is 3.45. The fourth-order valence-electron chi connectivity index (χ4n) is 1.78. The van der Waals surface area contributed by atoms with Crippen LogP contribution in [0, 0.1) is 0 Å². The van der Waals surface area contributed by atoms with Crippen molar-refractivity contribution in [3.63, 3.8) is 0 Å². The second-order valence-corrected chi connectivity index (χ2v) is 5.63. The molecule has 0 spiro atoms. The van der Waals surface area contributed by atoms with Crippen molar-refractivity contribution < 1.29 is 4.74 Å². The van der Waals surface area contributed by atoms with Gasteiger partial charge in [-0.1, -0.05) is 25.6 Å². The van der Waals surface area contributed by atoms with Crippen molar-refractivity contribution >= 4 is 18.0 Å². The van der Waals surface area contributed by atoms with E-state index in [2.05, 4.69) is 15.3 Å². The molecular weight excluding hydrogens is 300 g/mol. The first-order valence-electron chi connectivity index (χ1n) is 6.78. The molecule has 1 heterocycles. The largest absolute Gasteiger partial charge is 0.497 e. The summed E-state index contributed by atoms with van der Waals surface area (Å²) in [5, 5.41) is 12.8. The zero-order chi connectivity index (χ0) is 16.1. The maximum absolute atomic E-state index is 12.4. The van der Waals surface area contributed by atoms with E-state index in [0.717, 1.165) is 11.3 Å². The Morgan fingerprint density at radius 2 is 1.95 bits per heavy atom. The Bertz CT molecular complexity index is 723. The number of hydrogen-bond donors (Lipinski definition) is 0. The van der Waals surface area contributed by atoms with E-state index in [-0.39, 0.29) is 11.5 Å². The van der Waals surface area contributed by atoms with Crippen LogP contribution in [0.1, 0.15) is 31.0 Å². The van der Waals surface area contributed by atoms with Gasteiger partial charge in [-0.15, -0.1) is 10.2 Å². The average molecular weight is 318 g/mol. The van der Waals surface area contributed by atoms with Crippen LogP contribution >= 0.6 is 11.8 Å². The van der Waals surface area contributed by atoms with Crippen molar-refractivity contribution in [1.82, 2.24) is 14.9 Å². The quantitative estimate of drug-likeness (QED) is 0.625. The van der Waals surface area contributed by atoms with Crippen molar-refractivity contribution in [1.29, 1.82) is 0 Å². The van der Waals surface area contributed by atoms with Crippen LogP contribution in [0.2, 0.25) is 0 Å². The van der Waals surface area contributed by atoms with Crippen molar-refractivity contribution in [2.24, 2.45) is 5.10 Å². The second kappa shape index (κ2) is 7.22. The Kier molecular flexibility index (Phi) is 5.32. The number of rotatable bonds is 5. The topological polar surface area (TPSA) is 69.4 Å². The first-order chi connectivity index (χ1) is 10.6. The molecule has 0 aliphatic carbocycles. The van der Waals surface area contributed by atoms with Gasteiger partial charge < -0.3 is 4.74 Å². The SMILES string of the molecule is COc1ccc(C=Nn2c(SC)nnc(C(C)C)c2=O)cc1. The zero-order valence-electron chi connectivity index (χ0n) is 13.0. The highest BCUT2D eigenvalue weighted by Crippen LogP contribution is 2.12. The molecule has 0 amide bonds. The van der Waals surface area contributed by atoms with Crippen molar-refractivity contribution in [3.8, 4) is 5.75 Å². The van der Waals surface area contributed by atoms with E-state index in [1.165, 1.54) is 16.4 Å². The molecule has 0 aliphatic heterocycles. The monoisotopic (exact) mass is 318 g/mol. The van der Waals surface area contributed by atoms with Crippen LogP contribution in [0.5, 0.6) is 5.75 Å². The molecule has 0 atom stereocenters. The van der Waals surface area contributed by atoms with Gasteiger partial charge in [0, 0.05) is 5.92 Å². The van der Waals surface area contributed by atoms with Gasteiger partial charge in [0.1, 0.15) is 11.4 Å². The van der Waals surface area contributed by atoms with Gasteiger partial charge in [-0.3, -0.25) is 4.79 Å². The van der Waals surface area contributed by atoms with Crippen LogP contribution in [0.25, 0.3) is 0 Å². The van der Waals surface area contributed by atoms with E-state index in [9.17, 15) is 4.79 Å². The van der Waals surface area contributed by atoms with Crippen LogP contribution in [0.3, 0.4) is 0 Å². The zero-order valence-corrected chi connectivity index (χ0v) is 13.8. The molecule has 22 heavy (non-hydrogen) atoms. The molecule has 0 N–H and O–H groups in total. The number of ether oxygens (including phenoxy) is 1. The molecule has 2 aromatic rings. The summed E-state index contributed by atoms with van der Waals surface area (Å²) in [5.74, 6) is 0.769. The van der Waals surface area contributed by atoms with Crippen molar-refractivity contribution in [3.05, 3.63) is 45.9 Å². The van der Waals surface area contributed by atoms with Crippen molar-refractivity contribution in [2.75, 3.05) is 13.4 Å².